The molecule has 0 aliphatic carbocycles. The van der Waals surface area contributed by atoms with Crippen molar-refractivity contribution in [1.82, 2.24) is 14.9 Å². The number of carbonyl (C=O) groups is 1. The first-order valence-corrected chi connectivity index (χ1v) is 9.11. The summed E-state index contributed by atoms with van der Waals surface area (Å²) >= 11 is 0. The second-order valence-corrected chi connectivity index (χ2v) is 7.06. The van der Waals surface area contributed by atoms with Gasteiger partial charge in [0, 0.05) is 51.7 Å². The lowest BCUT2D eigenvalue weighted by atomic mass is 10.1. The first-order chi connectivity index (χ1) is 12.9. The van der Waals surface area contributed by atoms with E-state index in [0.717, 1.165) is 24.5 Å². The maximum Gasteiger partial charge on any atom is 0.257 e. The minimum atomic E-state index is -0.000290. The number of hydrogen-bond donors (Lipinski definition) is 0. The van der Waals surface area contributed by atoms with Crippen LogP contribution in [0.25, 0.3) is 0 Å². The van der Waals surface area contributed by atoms with Crippen LogP contribution in [0.4, 0.5) is 11.6 Å². The van der Waals surface area contributed by atoms with Gasteiger partial charge in [0.05, 0.1) is 18.4 Å². The summed E-state index contributed by atoms with van der Waals surface area (Å²) in [5, 5.41) is 0. The van der Waals surface area contributed by atoms with Crippen molar-refractivity contribution in [2.45, 2.75) is 19.9 Å². The number of amides is 1. The number of ether oxygens (including phenoxy) is 1. The summed E-state index contributed by atoms with van der Waals surface area (Å²) in [5.41, 5.74) is 2.43. The molecule has 7 nitrogen and oxygen atoms in total. The molecule has 1 aliphatic rings. The molecule has 27 heavy (non-hydrogen) atoms. The van der Waals surface area contributed by atoms with Crippen LogP contribution in [0.2, 0.25) is 0 Å². The third kappa shape index (κ3) is 3.97. The molecule has 1 aromatic heterocycles. The molecule has 1 fully saturated rings. The summed E-state index contributed by atoms with van der Waals surface area (Å²) in [6.07, 6.45) is 1.64. The number of nitrogens with zero attached hydrogens (tertiary/aromatic N) is 5. The van der Waals surface area contributed by atoms with Crippen molar-refractivity contribution in [2.24, 2.45) is 0 Å². The minimum Gasteiger partial charge on any atom is -0.497 e. The van der Waals surface area contributed by atoms with E-state index in [1.807, 2.05) is 43.0 Å². The Hall–Kier alpha value is -2.83. The minimum absolute atomic E-state index is 0.000290. The number of piperazine rings is 1. The monoisotopic (exact) mass is 369 g/mol. The molecule has 2 aromatic rings. The molecule has 1 aliphatic heterocycles. The molecule has 1 amide bonds. The summed E-state index contributed by atoms with van der Waals surface area (Å²) in [7, 11) is 5.44. The molecule has 3 rings (SSSR count). The van der Waals surface area contributed by atoms with Crippen LogP contribution in [0.1, 0.15) is 23.0 Å². The highest BCUT2D eigenvalue weighted by Crippen LogP contribution is 2.23. The highest BCUT2D eigenvalue weighted by Gasteiger charge is 2.29. The zero-order valence-electron chi connectivity index (χ0n) is 16.6. The van der Waals surface area contributed by atoms with E-state index in [1.54, 1.807) is 13.3 Å². The van der Waals surface area contributed by atoms with E-state index < -0.39 is 0 Å². The summed E-state index contributed by atoms with van der Waals surface area (Å²) in [4.78, 5) is 27.8. The first-order valence-electron chi connectivity index (χ1n) is 9.11. The molecule has 144 valence electrons. The normalized spacial score (nSPS) is 17.0. The Kier molecular flexibility index (Phi) is 5.48. The van der Waals surface area contributed by atoms with Crippen LogP contribution in [0.15, 0.2) is 30.5 Å². The molecule has 2 heterocycles. The van der Waals surface area contributed by atoms with E-state index >= 15 is 0 Å². The average molecular weight is 369 g/mol. The van der Waals surface area contributed by atoms with E-state index in [2.05, 4.69) is 33.9 Å². The number of aryl methyl sites for hydroxylation is 1. The van der Waals surface area contributed by atoms with Crippen LogP contribution in [0.5, 0.6) is 5.75 Å². The number of benzene rings is 1. The molecule has 7 heteroatoms. The van der Waals surface area contributed by atoms with Crippen molar-refractivity contribution in [3.05, 3.63) is 41.7 Å². The van der Waals surface area contributed by atoms with E-state index in [9.17, 15) is 4.79 Å². The lowest BCUT2D eigenvalue weighted by Gasteiger charge is -2.41. The summed E-state index contributed by atoms with van der Waals surface area (Å²) in [5.74, 6) is 1.46. The molecule has 0 spiro atoms. The fraction of sp³-hybridized carbons (Fsp3) is 0.450. The van der Waals surface area contributed by atoms with Gasteiger partial charge < -0.3 is 19.4 Å². The predicted molar refractivity (Wildman–Crippen MR) is 107 cm³/mol. The second kappa shape index (κ2) is 7.82. The Bertz CT molecular complexity index is 807. The topological polar surface area (TPSA) is 61.8 Å². The smallest absolute Gasteiger partial charge is 0.257 e. The van der Waals surface area contributed by atoms with Gasteiger partial charge in [-0.3, -0.25) is 4.79 Å². The molecule has 0 bridgehead atoms. The molecule has 0 unspecified atom stereocenters. The standard InChI is InChI=1S/C20H27N5O2/c1-14-13-24(16-6-8-17(27-5)9-7-16)10-11-25(14)19(26)18-12-21-20(23(3)4)22-15(18)2/h6-9,12,14H,10-11,13H2,1-5H3/t14-/m1/s1. The van der Waals surface area contributed by atoms with Gasteiger partial charge in [0.25, 0.3) is 5.91 Å². The number of rotatable bonds is 4. The Balaban J connectivity index is 1.71. The average Bonchev–Trinajstić information content (AvgIpc) is 2.67. The lowest BCUT2D eigenvalue weighted by molar-refractivity contribution is 0.0672. The van der Waals surface area contributed by atoms with Crippen LogP contribution >= 0.6 is 0 Å². The molecule has 1 aromatic carbocycles. The van der Waals surface area contributed by atoms with E-state index in [-0.39, 0.29) is 11.9 Å². The van der Waals surface area contributed by atoms with Gasteiger partial charge >= 0.3 is 0 Å². The Morgan fingerprint density at radius 1 is 1.22 bits per heavy atom. The summed E-state index contributed by atoms with van der Waals surface area (Å²) < 4.78 is 5.22. The Morgan fingerprint density at radius 2 is 1.93 bits per heavy atom. The van der Waals surface area contributed by atoms with Gasteiger partial charge in [0.2, 0.25) is 5.95 Å². The highest BCUT2D eigenvalue weighted by molar-refractivity contribution is 5.95. The molecule has 0 saturated carbocycles. The van der Waals surface area contributed by atoms with Gasteiger partial charge in [-0.2, -0.15) is 0 Å². The van der Waals surface area contributed by atoms with E-state index in [4.69, 9.17) is 4.74 Å². The van der Waals surface area contributed by atoms with Crippen molar-refractivity contribution in [3.8, 4) is 5.75 Å². The predicted octanol–water partition coefficient (Wildman–Crippen LogP) is 2.21. The SMILES string of the molecule is COc1ccc(N2CCN(C(=O)c3cnc(N(C)C)nc3C)[C@H](C)C2)cc1. The Morgan fingerprint density at radius 3 is 2.48 bits per heavy atom. The molecular formula is C20H27N5O2. The van der Waals surface area contributed by atoms with Crippen LogP contribution in [-0.2, 0) is 0 Å². The van der Waals surface area contributed by atoms with E-state index in [0.29, 0.717) is 23.8 Å². The number of hydrogen-bond acceptors (Lipinski definition) is 6. The van der Waals surface area contributed by atoms with Gasteiger partial charge in [-0.15, -0.1) is 0 Å². The fourth-order valence-electron chi connectivity index (χ4n) is 3.32. The van der Waals surface area contributed by atoms with Gasteiger partial charge in [0.15, 0.2) is 0 Å². The lowest BCUT2D eigenvalue weighted by Crippen LogP contribution is -2.54. The summed E-state index contributed by atoms with van der Waals surface area (Å²) in [6, 6.07) is 8.14. The fourth-order valence-corrected chi connectivity index (χ4v) is 3.32. The van der Waals surface area contributed by atoms with Gasteiger partial charge in [-0.25, -0.2) is 9.97 Å². The van der Waals surface area contributed by atoms with Crippen LogP contribution in [0, 0.1) is 6.92 Å². The van der Waals surface area contributed by atoms with Crippen molar-refractivity contribution in [2.75, 3.05) is 50.6 Å². The molecule has 0 N–H and O–H groups in total. The number of carbonyl (C=O) groups excluding carboxylic acids is 1. The summed E-state index contributed by atoms with van der Waals surface area (Å²) in [6.45, 7) is 6.19. The molecular weight excluding hydrogens is 342 g/mol. The quantitative estimate of drug-likeness (QED) is 0.823. The highest BCUT2D eigenvalue weighted by atomic mass is 16.5. The molecule has 1 saturated heterocycles. The van der Waals surface area contributed by atoms with E-state index in [1.165, 1.54) is 0 Å². The van der Waals surface area contributed by atoms with Gasteiger partial charge in [-0.05, 0) is 38.1 Å². The van der Waals surface area contributed by atoms with Crippen molar-refractivity contribution < 1.29 is 9.53 Å². The first kappa shape index (κ1) is 18.9. The molecule has 0 radical (unpaired) electrons. The zero-order valence-corrected chi connectivity index (χ0v) is 16.6. The number of methoxy groups -OCH3 is 1. The number of anilines is 2. The van der Waals surface area contributed by atoms with Crippen LogP contribution in [0.3, 0.4) is 0 Å². The largest absolute Gasteiger partial charge is 0.497 e. The second-order valence-electron chi connectivity index (χ2n) is 7.06. The Labute approximate surface area is 160 Å². The maximum atomic E-state index is 13.0. The molecule has 1 atom stereocenters. The van der Waals surface area contributed by atoms with Crippen molar-refractivity contribution in [3.63, 3.8) is 0 Å². The number of aromatic nitrogens is 2. The third-order valence-electron chi connectivity index (χ3n) is 4.92. The maximum absolute atomic E-state index is 13.0. The van der Waals surface area contributed by atoms with Crippen molar-refractivity contribution >= 4 is 17.5 Å². The van der Waals surface area contributed by atoms with Crippen molar-refractivity contribution in [1.29, 1.82) is 0 Å². The van der Waals surface area contributed by atoms with Crippen LogP contribution in [-0.4, -0.2) is 67.7 Å². The zero-order chi connectivity index (χ0) is 19.6. The van der Waals surface area contributed by atoms with Gasteiger partial charge in [0.1, 0.15) is 5.75 Å². The van der Waals surface area contributed by atoms with Gasteiger partial charge in [-0.1, -0.05) is 0 Å². The van der Waals surface area contributed by atoms with Crippen LogP contribution < -0.4 is 14.5 Å². The third-order valence-corrected chi connectivity index (χ3v) is 4.92.